The fourth-order valence-corrected chi connectivity index (χ4v) is 3.44. The van der Waals surface area contributed by atoms with Gasteiger partial charge in [-0.3, -0.25) is 0 Å². The SMILES string of the molecule is CC(C)N(CCCn1ccc2c(Br)cc(C(=O)O)cc21)C(=O)OC(C)(C)C. The van der Waals surface area contributed by atoms with Gasteiger partial charge in [-0.2, -0.15) is 0 Å². The molecule has 0 saturated heterocycles. The van der Waals surface area contributed by atoms with Crippen molar-refractivity contribution < 1.29 is 19.4 Å². The highest BCUT2D eigenvalue weighted by Gasteiger charge is 2.23. The van der Waals surface area contributed by atoms with Crippen molar-refractivity contribution >= 4 is 38.9 Å². The standard InChI is InChI=1S/C20H27BrN2O4/c1-13(2)23(19(26)27-20(3,4)5)9-6-8-22-10-7-15-16(21)11-14(18(24)25)12-17(15)22/h7,10-13H,6,8-9H2,1-5H3,(H,24,25). The maximum atomic E-state index is 12.4. The van der Waals surface area contributed by atoms with Gasteiger partial charge in [0.05, 0.1) is 5.56 Å². The fraction of sp³-hybridized carbons (Fsp3) is 0.500. The molecule has 0 spiro atoms. The molecule has 0 unspecified atom stereocenters. The summed E-state index contributed by atoms with van der Waals surface area (Å²) in [5.41, 5.74) is 0.572. The first-order valence-electron chi connectivity index (χ1n) is 9.01. The second-order valence-electron chi connectivity index (χ2n) is 7.83. The van der Waals surface area contributed by atoms with Crippen molar-refractivity contribution in [2.75, 3.05) is 6.54 Å². The Morgan fingerprint density at radius 2 is 1.96 bits per heavy atom. The van der Waals surface area contributed by atoms with Gasteiger partial charge in [0.2, 0.25) is 0 Å². The van der Waals surface area contributed by atoms with Crippen LogP contribution in [0.25, 0.3) is 10.9 Å². The van der Waals surface area contributed by atoms with Crippen molar-refractivity contribution in [3.8, 4) is 0 Å². The van der Waals surface area contributed by atoms with E-state index in [0.29, 0.717) is 13.1 Å². The van der Waals surface area contributed by atoms with Crippen LogP contribution in [-0.4, -0.2) is 44.8 Å². The molecule has 1 aromatic heterocycles. The van der Waals surface area contributed by atoms with E-state index in [1.807, 2.05) is 51.4 Å². The summed E-state index contributed by atoms with van der Waals surface area (Å²) >= 11 is 3.44. The van der Waals surface area contributed by atoms with Crippen molar-refractivity contribution in [1.29, 1.82) is 0 Å². The average Bonchev–Trinajstić information content (AvgIpc) is 2.92. The zero-order chi connectivity index (χ0) is 20.4. The average molecular weight is 439 g/mol. The van der Waals surface area contributed by atoms with Crippen LogP contribution in [0.5, 0.6) is 0 Å². The van der Waals surface area contributed by atoms with Gasteiger partial charge >= 0.3 is 12.1 Å². The van der Waals surface area contributed by atoms with Crippen LogP contribution in [0.15, 0.2) is 28.9 Å². The smallest absolute Gasteiger partial charge is 0.410 e. The Kier molecular flexibility index (Phi) is 6.57. The number of fused-ring (bicyclic) bond motifs is 1. The lowest BCUT2D eigenvalue weighted by Gasteiger charge is -2.30. The number of hydrogen-bond donors (Lipinski definition) is 1. The molecular formula is C20H27BrN2O4. The molecule has 0 fully saturated rings. The Morgan fingerprint density at radius 1 is 1.30 bits per heavy atom. The predicted octanol–water partition coefficient (Wildman–Crippen LogP) is 5.14. The van der Waals surface area contributed by atoms with Crippen LogP contribution in [0.4, 0.5) is 4.79 Å². The van der Waals surface area contributed by atoms with E-state index in [0.717, 1.165) is 21.8 Å². The summed E-state index contributed by atoms with van der Waals surface area (Å²) in [5.74, 6) is -0.957. The molecule has 1 N–H and O–H groups in total. The van der Waals surface area contributed by atoms with E-state index < -0.39 is 11.6 Å². The highest BCUT2D eigenvalue weighted by Crippen LogP contribution is 2.27. The zero-order valence-corrected chi connectivity index (χ0v) is 18.0. The van der Waals surface area contributed by atoms with Crippen LogP contribution >= 0.6 is 15.9 Å². The number of amides is 1. The summed E-state index contributed by atoms with van der Waals surface area (Å²) in [4.78, 5) is 25.4. The van der Waals surface area contributed by atoms with E-state index in [-0.39, 0.29) is 17.7 Å². The lowest BCUT2D eigenvalue weighted by atomic mass is 10.1. The van der Waals surface area contributed by atoms with Crippen molar-refractivity contribution in [2.24, 2.45) is 0 Å². The Morgan fingerprint density at radius 3 is 2.52 bits per heavy atom. The number of carbonyl (C=O) groups excluding carboxylic acids is 1. The van der Waals surface area contributed by atoms with Crippen molar-refractivity contribution in [2.45, 2.75) is 59.2 Å². The molecule has 6 nitrogen and oxygen atoms in total. The number of nitrogens with zero attached hydrogens (tertiary/aromatic N) is 2. The largest absolute Gasteiger partial charge is 0.478 e. The molecule has 1 amide bonds. The summed E-state index contributed by atoms with van der Waals surface area (Å²) in [5, 5.41) is 10.2. The first-order valence-corrected chi connectivity index (χ1v) is 9.80. The van der Waals surface area contributed by atoms with Crippen LogP contribution in [0, 0.1) is 0 Å². The van der Waals surface area contributed by atoms with Gasteiger partial charge in [0.15, 0.2) is 0 Å². The summed E-state index contributed by atoms with van der Waals surface area (Å²) in [6.07, 6.45) is 2.36. The minimum absolute atomic E-state index is 0.0361. The number of carboxylic acid groups (broad SMARTS) is 1. The molecule has 0 aliphatic heterocycles. The Bertz CT molecular complexity index is 836. The molecule has 7 heteroatoms. The molecule has 2 rings (SSSR count). The third-order valence-electron chi connectivity index (χ3n) is 4.13. The molecule has 0 aliphatic carbocycles. The maximum Gasteiger partial charge on any atom is 0.410 e. The van der Waals surface area contributed by atoms with Crippen LogP contribution in [0.1, 0.15) is 51.4 Å². The number of aromatic nitrogens is 1. The third-order valence-corrected chi connectivity index (χ3v) is 4.79. The van der Waals surface area contributed by atoms with Crippen molar-refractivity contribution in [1.82, 2.24) is 9.47 Å². The minimum atomic E-state index is -0.957. The molecule has 27 heavy (non-hydrogen) atoms. The van der Waals surface area contributed by atoms with Gasteiger partial charge in [-0.15, -0.1) is 0 Å². The molecule has 0 saturated carbocycles. The van der Waals surface area contributed by atoms with E-state index in [1.54, 1.807) is 17.0 Å². The van der Waals surface area contributed by atoms with Gasteiger partial charge < -0.3 is 19.3 Å². The third kappa shape index (κ3) is 5.48. The Labute approximate surface area is 168 Å². The molecule has 2 aromatic rings. The van der Waals surface area contributed by atoms with Gasteiger partial charge in [0.25, 0.3) is 0 Å². The van der Waals surface area contributed by atoms with Crippen LogP contribution in [0.2, 0.25) is 0 Å². The number of ether oxygens (including phenoxy) is 1. The van der Waals surface area contributed by atoms with Gasteiger partial charge in [-0.05, 0) is 59.2 Å². The number of carbonyl (C=O) groups is 2. The quantitative estimate of drug-likeness (QED) is 0.677. The predicted molar refractivity (Wildman–Crippen MR) is 109 cm³/mol. The number of hydrogen-bond acceptors (Lipinski definition) is 3. The van der Waals surface area contributed by atoms with Gasteiger partial charge in [-0.1, -0.05) is 15.9 Å². The monoisotopic (exact) mass is 438 g/mol. The van der Waals surface area contributed by atoms with E-state index in [2.05, 4.69) is 15.9 Å². The van der Waals surface area contributed by atoms with E-state index in [4.69, 9.17) is 4.74 Å². The lowest BCUT2D eigenvalue weighted by Crippen LogP contribution is -2.41. The Hall–Kier alpha value is -2.02. The second kappa shape index (κ2) is 8.33. The molecule has 1 aromatic carbocycles. The summed E-state index contributed by atoms with van der Waals surface area (Å²) in [6, 6.07) is 5.28. The second-order valence-corrected chi connectivity index (χ2v) is 8.68. The highest BCUT2D eigenvalue weighted by atomic mass is 79.9. The van der Waals surface area contributed by atoms with Gasteiger partial charge in [-0.25, -0.2) is 9.59 Å². The van der Waals surface area contributed by atoms with E-state index in [1.165, 1.54) is 0 Å². The number of halogens is 1. The van der Waals surface area contributed by atoms with Gasteiger partial charge in [0, 0.05) is 40.7 Å². The number of carboxylic acids is 1. The first-order chi connectivity index (χ1) is 12.5. The molecule has 0 bridgehead atoms. The topological polar surface area (TPSA) is 71.8 Å². The lowest BCUT2D eigenvalue weighted by molar-refractivity contribution is 0.0186. The van der Waals surface area contributed by atoms with Crippen LogP contribution in [-0.2, 0) is 11.3 Å². The molecule has 0 radical (unpaired) electrons. The molecule has 1 heterocycles. The first kappa shape index (κ1) is 21.3. The number of rotatable bonds is 6. The minimum Gasteiger partial charge on any atom is -0.478 e. The normalized spacial score (nSPS) is 11.8. The van der Waals surface area contributed by atoms with Crippen molar-refractivity contribution in [3.63, 3.8) is 0 Å². The van der Waals surface area contributed by atoms with Crippen LogP contribution in [0.3, 0.4) is 0 Å². The molecular weight excluding hydrogens is 412 g/mol. The molecule has 0 atom stereocenters. The summed E-state index contributed by atoms with van der Waals surface area (Å²) < 4.78 is 8.26. The summed E-state index contributed by atoms with van der Waals surface area (Å²) in [7, 11) is 0. The van der Waals surface area contributed by atoms with E-state index in [9.17, 15) is 14.7 Å². The molecule has 148 valence electrons. The van der Waals surface area contributed by atoms with Gasteiger partial charge in [0.1, 0.15) is 5.60 Å². The number of aryl methyl sites for hydroxylation is 1. The maximum absolute atomic E-state index is 12.4. The number of benzene rings is 1. The van der Waals surface area contributed by atoms with Crippen molar-refractivity contribution in [3.05, 3.63) is 34.4 Å². The zero-order valence-electron chi connectivity index (χ0n) is 16.5. The highest BCUT2D eigenvalue weighted by molar-refractivity contribution is 9.10. The fourth-order valence-electron chi connectivity index (χ4n) is 2.86. The molecule has 0 aliphatic rings. The van der Waals surface area contributed by atoms with Crippen LogP contribution < -0.4 is 0 Å². The number of aromatic carboxylic acids is 1. The van der Waals surface area contributed by atoms with E-state index >= 15 is 0 Å². The summed E-state index contributed by atoms with van der Waals surface area (Å²) in [6.45, 7) is 10.7. The Balaban J connectivity index is 2.11.